The average Bonchev–Trinajstić information content (AvgIpc) is 2.49. The SMILES string of the molecule is CNC(=S)N(C(=O)c1cccnc1)c1ncccn1. The molecule has 0 fully saturated rings. The van der Waals surface area contributed by atoms with Gasteiger partial charge in [-0.1, -0.05) is 0 Å². The van der Waals surface area contributed by atoms with Crippen LogP contribution in [0.5, 0.6) is 0 Å². The number of thiocarbonyl (C=S) groups is 1. The molecule has 0 aliphatic rings. The molecule has 96 valence electrons. The number of pyridine rings is 1. The van der Waals surface area contributed by atoms with Crippen molar-refractivity contribution in [1.29, 1.82) is 0 Å². The number of aromatic nitrogens is 3. The van der Waals surface area contributed by atoms with Gasteiger partial charge in [0.25, 0.3) is 5.91 Å². The number of rotatable bonds is 2. The molecule has 19 heavy (non-hydrogen) atoms. The van der Waals surface area contributed by atoms with Gasteiger partial charge < -0.3 is 5.32 Å². The molecule has 7 heteroatoms. The van der Waals surface area contributed by atoms with Crippen LogP contribution in [0.2, 0.25) is 0 Å². The van der Waals surface area contributed by atoms with Crippen molar-refractivity contribution in [2.75, 3.05) is 11.9 Å². The highest BCUT2D eigenvalue weighted by molar-refractivity contribution is 7.80. The average molecular weight is 273 g/mol. The third-order valence-corrected chi connectivity index (χ3v) is 2.67. The fourth-order valence-corrected chi connectivity index (χ4v) is 1.58. The number of anilines is 1. The van der Waals surface area contributed by atoms with Crippen molar-refractivity contribution < 1.29 is 4.79 Å². The zero-order valence-electron chi connectivity index (χ0n) is 10.1. The maximum atomic E-state index is 12.4. The summed E-state index contributed by atoms with van der Waals surface area (Å²) in [5, 5.41) is 2.97. The number of nitrogens with one attached hydrogen (secondary N) is 1. The van der Waals surface area contributed by atoms with Crippen molar-refractivity contribution in [1.82, 2.24) is 20.3 Å². The summed E-state index contributed by atoms with van der Waals surface area (Å²) in [7, 11) is 1.63. The Hall–Kier alpha value is -2.41. The molecule has 0 aromatic carbocycles. The highest BCUT2D eigenvalue weighted by atomic mass is 32.1. The Kier molecular flexibility index (Phi) is 4.09. The van der Waals surface area contributed by atoms with Crippen LogP contribution in [-0.4, -0.2) is 33.0 Å². The minimum Gasteiger partial charge on any atom is -0.365 e. The van der Waals surface area contributed by atoms with Gasteiger partial charge in [-0.2, -0.15) is 0 Å². The molecule has 2 aromatic rings. The van der Waals surface area contributed by atoms with Crippen LogP contribution in [0.25, 0.3) is 0 Å². The smallest absolute Gasteiger partial charge is 0.268 e. The van der Waals surface area contributed by atoms with Crippen molar-refractivity contribution in [3.05, 3.63) is 48.5 Å². The molecule has 1 N–H and O–H groups in total. The van der Waals surface area contributed by atoms with Gasteiger partial charge in [-0.05, 0) is 30.4 Å². The van der Waals surface area contributed by atoms with E-state index in [0.29, 0.717) is 5.56 Å². The van der Waals surface area contributed by atoms with Crippen molar-refractivity contribution in [3.8, 4) is 0 Å². The Bertz CT molecular complexity index is 575. The lowest BCUT2D eigenvalue weighted by molar-refractivity contribution is 0.100. The molecule has 0 aliphatic heterocycles. The van der Waals surface area contributed by atoms with Crippen LogP contribution in [0.15, 0.2) is 43.0 Å². The molecular formula is C12H11N5OS. The maximum absolute atomic E-state index is 12.4. The zero-order chi connectivity index (χ0) is 13.7. The summed E-state index contributed by atoms with van der Waals surface area (Å²) in [6, 6.07) is 5.00. The predicted octanol–water partition coefficient (Wildman–Crippen LogP) is 1.02. The van der Waals surface area contributed by atoms with Crippen molar-refractivity contribution in [2.24, 2.45) is 0 Å². The van der Waals surface area contributed by atoms with E-state index in [4.69, 9.17) is 12.2 Å². The van der Waals surface area contributed by atoms with Gasteiger partial charge in [-0.25, -0.2) is 14.9 Å². The predicted molar refractivity (Wildman–Crippen MR) is 74.7 cm³/mol. The summed E-state index contributed by atoms with van der Waals surface area (Å²) >= 11 is 5.13. The van der Waals surface area contributed by atoms with E-state index in [2.05, 4.69) is 20.3 Å². The molecule has 0 unspecified atom stereocenters. The van der Waals surface area contributed by atoms with E-state index in [-0.39, 0.29) is 17.0 Å². The maximum Gasteiger partial charge on any atom is 0.268 e. The van der Waals surface area contributed by atoms with Gasteiger partial charge in [0.05, 0.1) is 5.56 Å². The molecule has 0 atom stereocenters. The molecule has 0 aliphatic carbocycles. The first kappa shape index (κ1) is 13.0. The fraction of sp³-hybridized carbons (Fsp3) is 0.0833. The summed E-state index contributed by atoms with van der Waals surface area (Å²) in [5.74, 6) is -0.116. The normalized spacial score (nSPS) is 9.74. The molecular weight excluding hydrogens is 262 g/mol. The van der Waals surface area contributed by atoms with Crippen molar-refractivity contribution in [2.45, 2.75) is 0 Å². The van der Waals surface area contributed by atoms with E-state index in [1.165, 1.54) is 11.1 Å². The molecule has 0 saturated heterocycles. The minimum atomic E-state index is -0.335. The Morgan fingerprint density at radius 1 is 1.26 bits per heavy atom. The van der Waals surface area contributed by atoms with Crippen molar-refractivity contribution in [3.63, 3.8) is 0 Å². The molecule has 1 amide bonds. The lowest BCUT2D eigenvalue weighted by atomic mass is 10.2. The number of carbonyl (C=O) groups is 1. The van der Waals surface area contributed by atoms with Crippen LogP contribution in [-0.2, 0) is 0 Å². The van der Waals surface area contributed by atoms with Crippen LogP contribution in [0.3, 0.4) is 0 Å². The number of amides is 1. The van der Waals surface area contributed by atoms with Gasteiger partial charge in [0.2, 0.25) is 5.95 Å². The van der Waals surface area contributed by atoms with Gasteiger partial charge >= 0.3 is 0 Å². The van der Waals surface area contributed by atoms with Crippen LogP contribution in [0.1, 0.15) is 10.4 Å². The van der Waals surface area contributed by atoms with Gasteiger partial charge in [0, 0.05) is 31.8 Å². The molecule has 0 saturated carbocycles. The van der Waals surface area contributed by atoms with E-state index in [0.717, 1.165) is 0 Å². The van der Waals surface area contributed by atoms with Crippen LogP contribution < -0.4 is 10.2 Å². The Morgan fingerprint density at radius 2 is 2.00 bits per heavy atom. The standard InChI is InChI=1S/C12H11N5OS/c1-13-12(19)17(11-15-6-3-7-16-11)10(18)9-4-2-5-14-8-9/h2-8H,1H3,(H,13,19). The number of nitrogens with zero attached hydrogens (tertiary/aromatic N) is 4. The molecule has 2 rings (SSSR count). The third kappa shape index (κ3) is 2.89. The Balaban J connectivity index is 2.40. The van der Waals surface area contributed by atoms with Crippen LogP contribution in [0.4, 0.5) is 5.95 Å². The van der Waals surface area contributed by atoms with Crippen molar-refractivity contribution >= 4 is 29.2 Å². The second kappa shape index (κ2) is 5.96. The van der Waals surface area contributed by atoms with E-state index in [1.54, 1.807) is 43.8 Å². The number of hydrogen-bond acceptors (Lipinski definition) is 5. The van der Waals surface area contributed by atoms with E-state index in [9.17, 15) is 4.79 Å². The van der Waals surface area contributed by atoms with Gasteiger partial charge in [-0.15, -0.1) is 0 Å². The second-order valence-corrected chi connectivity index (χ2v) is 3.87. The Morgan fingerprint density at radius 3 is 2.58 bits per heavy atom. The van der Waals surface area contributed by atoms with E-state index in [1.807, 2.05) is 0 Å². The largest absolute Gasteiger partial charge is 0.365 e. The summed E-state index contributed by atoms with van der Waals surface area (Å²) in [6.07, 6.45) is 6.15. The third-order valence-electron chi connectivity index (χ3n) is 2.28. The monoisotopic (exact) mass is 273 g/mol. The first-order valence-corrected chi connectivity index (χ1v) is 5.88. The van der Waals surface area contributed by atoms with E-state index >= 15 is 0 Å². The minimum absolute atomic E-state index is 0.218. The molecule has 0 spiro atoms. The lowest BCUT2D eigenvalue weighted by Crippen LogP contribution is -2.43. The second-order valence-electron chi connectivity index (χ2n) is 3.49. The van der Waals surface area contributed by atoms with Gasteiger partial charge in [-0.3, -0.25) is 9.78 Å². The fourth-order valence-electron chi connectivity index (χ4n) is 1.41. The van der Waals surface area contributed by atoms with Crippen LogP contribution in [0, 0.1) is 0 Å². The van der Waals surface area contributed by atoms with Gasteiger partial charge in [0.15, 0.2) is 5.11 Å². The molecule has 2 heterocycles. The zero-order valence-corrected chi connectivity index (χ0v) is 11.0. The summed E-state index contributed by atoms with van der Waals surface area (Å²) in [4.78, 5) is 25.6. The molecule has 2 aromatic heterocycles. The molecule has 6 nitrogen and oxygen atoms in total. The van der Waals surface area contributed by atoms with Gasteiger partial charge in [0.1, 0.15) is 0 Å². The molecule has 0 radical (unpaired) electrons. The van der Waals surface area contributed by atoms with Crippen LogP contribution >= 0.6 is 12.2 Å². The summed E-state index contributed by atoms with van der Waals surface area (Å²) in [6.45, 7) is 0. The lowest BCUT2D eigenvalue weighted by Gasteiger charge is -2.20. The number of carbonyl (C=O) groups excluding carboxylic acids is 1. The highest BCUT2D eigenvalue weighted by Crippen LogP contribution is 2.11. The first-order chi connectivity index (χ1) is 9.24. The quantitative estimate of drug-likeness (QED) is 0.824. The molecule has 0 bridgehead atoms. The number of hydrogen-bond donors (Lipinski definition) is 1. The Labute approximate surface area is 115 Å². The van der Waals surface area contributed by atoms with E-state index < -0.39 is 0 Å². The summed E-state index contributed by atoms with van der Waals surface area (Å²) in [5.41, 5.74) is 0.410. The first-order valence-electron chi connectivity index (χ1n) is 5.47. The topological polar surface area (TPSA) is 71.0 Å². The summed E-state index contributed by atoms with van der Waals surface area (Å²) < 4.78 is 0. The highest BCUT2D eigenvalue weighted by Gasteiger charge is 2.23.